The van der Waals surface area contributed by atoms with Crippen LogP contribution >= 0.6 is 23.1 Å². The Balaban J connectivity index is 2.50. The van der Waals surface area contributed by atoms with E-state index in [-0.39, 0.29) is 0 Å². The summed E-state index contributed by atoms with van der Waals surface area (Å²) >= 11 is 3.41. The van der Waals surface area contributed by atoms with Crippen molar-refractivity contribution in [1.29, 1.82) is 0 Å². The fourth-order valence-electron chi connectivity index (χ4n) is 0.428. The van der Waals surface area contributed by atoms with Crippen molar-refractivity contribution in [3.05, 3.63) is 17.5 Å². The maximum absolute atomic E-state index is 5.29. The predicted octanol–water partition coefficient (Wildman–Crippen LogP) is 1.76. The molecular formula is C5H7NS2. The summed E-state index contributed by atoms with van der Waals surface area (Å²) < 4.78 is 1.30. The highest BCUT2D eigenvalue weighted by atomic mass is 32.2. The molecule has 2 N–H and O–H groups in total. The van der Waals surface area contributed by atoms with Crippen LogP contribution in [0.5, 0.6) is 0 Å². The number of hydrogen-bond acceptors (Lipinski definition) is 3. The summed E-state index contributed by atoms with van der Waals surface area (Å²) in [4.78, 5) is 0. The molecule has 1 nitrogen and oxygen atoms in total. The lowest BCUT2D eigenvalue weighted by Gasteiger charge is -1.86. The van der Waals surface area contributed by atoms with Crippen LogP contribution in [0.1, 0.15) is 0 Å². The van der Waals surface area contributed by atoms with Crippen molar-refractivity contribution in [2.45, 2.75) is 4.21 Å². The summed E-state index contributed by atoms with van der Waals surface area (Å²) in [6.07, 6.45) is 0. The minimum absolute atomic E-state index is 0.681. The molecule has 0 spiro atoms. The van der Waals surface area contributed by atoms with Crippen molar-refractivity contribution < 1.29 is 0 Å². The van der Waals surface area contributed by atoms with E-state index in [1.54, 1.807) is 23.1 Å². The maximum Gasteiger partial charge on any atom is 0.0610 e. The molecule has 0 aromatic carbocycles. The van der Waals surface area contributed by atoms with E-state index in [1.165, 1.54) is 4.21 Å². The number of thioether (sulfide) groups is 1. The van der Waals surface area contributed by atoms with Gasteiger partial charge >= 0.3 is 0 Å². The Kier molecular flexibility index (Phi) is 2.39. The number of nitrogens with two attached hydrogens (primary N) is 1. The molecule has 44 valence electrons. The van der Waals surface area contributed by atoms with Crippen LogP contribution in [0.2, 0.25) is 0 Å². The smallest absolute Gasteiger partial charge is 0.0610 e. The second-order valence-corrected chi connectivity index (χ2v) is 3.51. The maximum atomic E-state index is 5.29. The van der Waals surface area contributed by atoms with Crippen molar-refractivity contribution in [2.75, 3.05) is 5.88 Å². The van der Waals surface area contributed by atoms with Gasteiger partial charge in [0.05, 0.1) is 4.21 Å². The van der Waals surface area contributed by atoms with Crippen molar-refractivity contribution in [3.63, 3.8) is 0 Å². The van der Waals surface area contributed by atoms with E-state index in [0.717, 1.165) is 0 Å². The minimum atomic E-state index is 0.681. The monoisotopic (exact) mass is 145 g/mol. The van der Waals surface area contributed by atoms with E-state index in [9.17, 15) is 0 Å². The zero-order chi connectivity index (χ0) is 5.82. The third-order valence-corrected chi connectivity index (χ3v) is 2.61. The molecule has 0 unspecified atom stereocenters. The van der Waals surface area contributed by atoms with Crippen molar-refractivity contribution >= 4 is 23.1 Å². The van der Waals surface area contributed by atoms with E-state index in [1.807, 2.05) is 6.07 Å². The minimum Gasteiger partial charge on any atom is -0.322 e. The Hall–Kier alpha value is 0.01000. The van der Waals surface area contributed by atoms with Gasteiger partial charge in [-0.2, -0.15) is 0 Å². The third-order valence-electron chi connectivity index (χ3n) is 0.721. The molecule has 8 heavy (non-hydrogen) atoms. The van der Waals surface area contributed by atoms with E-state index in [4.69, 9.17) is 5.73 Å². The second kappa shape index (κ2) is 3.12. The van der Waals surface area contributed by atoms with Crippen LogP contribution in [0.3, 0.4) is 0 Å². The first-order valence-corrected chi connectivity index (χ1v) is 4.16. The van der Waals surface area contributed by atoms with Gasteiger partial charge in [-0.15, -0.1) is 23.1 Å². The molecule has 0 aliphatic heterocycles. The summed E-state index contributed by atoms with van der Waals surface area (Å²) in [6.45, 7) is 0. The van der Waals surface area contributed by atoms with Gasteiger partial charge in [-0.3, -0.25) is 0 Å². The lowest BCUT2D eigenvalue weighted by molar-refractivity contribution is 1.39. The van der Waals surface area contributed by atoms with Gasteiger partial charge in [0, 0.05) is 5.88 Å². The summed E-state index contributed by atoms with van der Waals surface area (Å²) in [5.41, 5.74) is 5.29. The lowest BCUT2D eigenvalue weighted by atomic mass is 10.7. The normalized spacial score (nSPS) is 9.62. The largest absolute Gasteiger partial charge is 0.322 e. The molecule has 0 atom stereocenters. The molecule has 1 heterocycles. The molecule has 0 saturated carbocycles. The first-order chi connectivity index (χ1) is 3.93. The average Bonchev–Trinajstić information content (AvgIpc) is 2.19. The molecule has 1 rings (SSSR count). The first-order valence-electron chi connectivity index (χ1n) is 2.30. The summed E-state index contributed by atoms with van der Waals surface area (Å²) in [5, 5.41) is 2.05. The summed E-state index contributed by atoms with van der Waals surface area (Å²) in [5.74, 6) is 0.681. The van der Waals surface area contributed by atoms with Crippen LogP contribution in [0.25, 0.3) is 0 Å². The lowest BCUT2D eigenvalue weighted by Crippen LogP contribution is -1.89. The van der Waals surface area contributed by atoms with Crippen LogP contribution in [0, 0.1) is 0 Å². The van der Waals surface area contributed by atoms with Gasteiger partial charge in [-0.25, -0.2) is 0 Å². The van der Waals surface area contributed by atoms with Gasteiger partial charge in [-0.05, 0) is 11.4 Å². The standard InChI is InChI=1S/C5H7NS2/c6-4-8-5-2-1-3-7-5/h1-3H,4,6H2. The Bertz CT molecular complexity index is 136. The quantitative estimate of drug-likeness (QED) is 0.507. The number of rotatable bonds is 2. The molecule has 0 bridgehead atoms. The second-order valence-electron chi connectivity index (χ2n) is 1.24. The third kappa shape index (κ3) is 1.51. The van der Waals surface area contributed by atoms with E-state index in [0.29, 0.717) is 5.88 Å². The van der Waals surface area contributed by atoms with Crippen LogP contribution in [0.15, 0.2) is 21.7 Å². The van der Waals surface area contributed by atoms with Crippen LogP contribution in [0.4, 0.5) is 0 Å². The van der Waals surface area contributed by atoms with Crippen molar-refractivity contribution in [2.24, 2.45) is 5.73 Å². The zero-order valence-electron chi connectivity index (χ0n) is 4.33. The Morgan fingerprint density at radius 2 is 2.62 bits per heavy atom. The predicted molar refractivity (Wildman–Crippen MR) is 39.2 cm³/mol. The molecule has 0 amide bonds. The average molecular weight is 145 g/mol. The van der Waals surface area contributed by atoms with Gasteiger partial charge < -0.3 is 5.73 Å². The molecule has 1 aromatic heterocycles. The van der Waals surface area contributed by atoms with E-state index < -0.39 is 0 Å². The fourth-order valence-corrected chi connectivity index (χ4v) is 1.86. The summed E-state index contributed by atoms with van der Waals surface area (Å²) in [6, 6.07) is 4.10. The molecule has 0 radical (unpaired) electrons. The van der Waals surface area contributed by atoms with Crippen LogP contribution in [-0.4, -0.2) is 5.88 Å². The van der Waals surface area contributed by atoms with Gasteiger partial charge in [0.1, 0.15) is 0 Å². The van der Waals surface area contributed by atoms with E-state index >= 15 is 0 Å². The van der Waals surface area contributed by atoms with Crippen LogP contribution in [-0.2, 0) is 0 Å². The summed E-state index contributed by atoms with van der Waals surface area (Å²) in [7, 11) is 0. The highest BCUT2D eigenvalue weighted by molar-refractivity contribution is 8.01. The first kappa shape index (κ1) is 6.13. The van der Waals surface area contributed by atoms with Crippen LogP contribution < -0.4 is 5.73 Å². The van der Waals surface area contributed by atoms with Gasteiger partial charge in [0.15, 0.2) is 0 Å². The fraction of sp³-hybridized carbons (Fsp3) is 0.200. The molecule has 1 aromatic rings. The highest BCUT2D eigenvalue weighted by Gasteiger charge is 1.87. The molecule has 0 aliphatic rings. The van der Waals surface area contributed by atoms with Crippen molar-refractivity contribution in [1.82, 2.24) is 0 Å². The van der Waals surface area contributed by atoms with Crippen molar-refractivity contribution in [3.8, 4) is 0 Å². The Labute approximate surface area is 56.9 Å². The van der Waals surface area contributed by atoms with Gasteiger partial charge in [0.25, 0.3) is 0 Å². The SMILES string of the molecule is NCSc1cccs1. The molecule has 0 aliphatic carbocycles. The van der Waals surface area contributed by atoms with Gasteiger partial charge in [0.2, 0.25) is 0 Å². The van der Waals surface area contributed by atoms with Gasteiger partial charge in [-0.1, -0.05) is 6.07 Å². The Morgan fingerprint density at radius 3 is 3.12 bits per heavy atom. The van der Waals surface area contributed by atoms with E-state index in [2.05, 4.69) is 11.4 Å². The Morgan fingerprint density at radius 1 is 1.75 bits per heavy atom. The molecule has 0 fully saturated rings. The number of thiophene rings is 1. The highest BCUT2D eigenvalue weighted by Crippen LogP contribution is 2.20. The topological polar surface area (TPSA) is 26.0 Å². The number of hydrogen-bond donors (Lipinski definition) is 1. The molecular weight excluding hydrogens is 138 g/mol. The molecule has 3 heteroatoms. The molecule has 0 saturated heterocycles. The zero-order valence-corrected chi connectivity index (χ0v) is 5.97.